The number of alkyl halides is 3. The summed E-state index contributed by atoms with van der Waals surface area (Å²) in [6.07, 6.45) is -1.54. The highest BCUT2D eigenvalue weighted by Gasteiger charge is 2.28. The highest BCUT2D eigenvalue weighted by molar-refractivity contribution is 7.71. The van der Waals surface area contributed by atoms with E-state index in [2.05, 4.69) is 19.7 Å². The van der Waals surface area contributed by atoms with Gasteiger partial charge in [-0.05, 0) is 42.5 Å². The molecule has 3 aromatic rings. The molecule has 2 heterocycles. The molecule has 0 saturated heterocycles. The Morgan fingerprint density at radius 1 is 1.19 bits per heavy atom. The topological polar surface area (TPSA) is 72.8 Å². The highest BCUT2D eigenvalue weighted by Crippen LogP contribution is 2.20. The van der Waals surface area contributed by atoms with Gasteiger partial charge in [0.15, 0.2) is 11.4 Å². The van der Waals surface area contributed by atoms with Crippen LogP contribution in [0, 0.1) is 4.77 Å². The van der Waals surface area contributed by atoms with E-state index in [4.69, 9.17) is 12.2 Å². The normalized spacial score (nSPS) is 11.3. The number of H-pyrrole nitrogens is 1. The van der Waals surface area contributed by atoms with Crippen molar-refractivity contribution >= 4 is 12.2 Å². The standard InChI is InChI=1S/C16H11F3N4O2S/c17-16(18,19)8-25-11-3-1-10(2-4-11)23-14(24)7-13(22-15(23)26)12-5-6-20-9-21-12/h1-7,9H,8H2,(H,22,26). The quantitative estimate of drug-likeness (QED) is 0.703. The summed E-state index contributed by atoms with van der Waals surface area (Å²) in [5.74, 6) is 0.0339. The zero-order valence-corrected chi connectivity index (χ0v) is 13.8. The van der Waals surface area contributed by atoms with Crippen LogP contribution in [0.2, 0.25) is 0 Å². The number of nitrogens with one attached hydrogen (secondary N) is 1. The Morgan fingerprint density at radius 2 is 1.92 bits per heavy atom. The van der Waals surface area contributed by atoms with Crippen LogP contribution in [0.3, 0.4) is 0 Å². The number of halogens is 3. The van der Waals surface area contributed by atoms with Crippen molar-refractivity contribution in [1.82, 2.24) is 19.5 Å². The first-order chi connectivity index (χ1) is 12.3. The van der Waals surface area contributed by atoms with E-state index in [1.54, 1.807) is 6.07 Å². The first kappa shape index (κ1) is 17.8. The SMILES string of the molecule is O=c1cc(-c2ccncn2)[nH]c(=S)n1-c1ccc(OCC(F)(F)F)cc1. The molecule has 0 spiro atoms. The number of hydrogen-bond acceptors (Lipinski definition) is 5. The zero-order chi connectivity index (χ0) is 18.7. The Labute approximate surface area is 149 Å². The van der Waals surface area contributed by atoms with Crippen molar-refractivity contribution in [3.8, 4) is 22.8 Å². The van der Waals surface area contributed by atoms with E-state index in [1.807, 2.05) is 0 Å². The van der Waals surface area contributed by atoms with Crippen LogP contribution in [0.15, 0.2) is 53.7 Å². The van der Waals surface area contributed by atoms with Gasteiger partial charge in [0.1, 0.15) is 12.1 Å². The van der Waals surface area contributed by atoms with Crippen LogP contribution >= 0.6 is 12.2 Å². The predicted molar refractivity (Wildman–Crippen MR) is 89.8 cm³/mol. The molecule has 10 heteroatoms. The third-order valence-corrected chi connectivity index (χ3v) is 3.57. The van der Waals surface area contributed by atoms with E-state index in [9.17, 15) is 18.0 Å². The molecule has 0 aliphatic heterocycles. The van der Waals surface area contributed by atoms with Crippen molar-refractivity contribution < 1.29 is 17.9 Å². The molecule has 3 rings (SSSR count). The minimum absolute atomic E-state index is 0.0339. The number of benzene rings is 1. The van der Waals surface area contributed by atoms with Crippen molar-refractivity contribution in [3.63, 3.8) is 0 Å². The predicted octanol–water partition coefficient (Wildman–Crippen LogP) is 3.29. The molecule has 2 aromatic heterocycles. The molecular weight excluding hydrogens is 369 g/mol. The third-order valence-electron chi connectivity index (χ3n) is 3.29. The average molecular weight is 380 g/mol. The Kier molecular flexibility index (Phi) is 4.85. The van der Waals surface area contributed by atoms with Crippen molar-refractivity contribution in [3.05, 3.63) is 64.0 Å². The Morgan fingerprint density at radius 3 is 2.50 bits per heavy atom. The lowest BCUT2D eigenvalue weighted by Gasteiger charge is -2.11. The molecule has 134 valence electrons. The van der Waals surface area contributed by atoms with Gasteiger partial charge in [0, 0.05) is 12.3 Å². The lowest BCUT2D eigenvalue weighted by atomic mass is 10.2. The number of rotatable bonds is 4. The Balaban J connectivity index is 1.90. The maximum atomic E-state index is 12.4. The maximum absolute atomic E-state index is 12.4. The van der Waals surface area contributed by atoms with Gasteiger partial charge in [-0.15, -0.1) is 0 Å². The number of ether oxygens (including phenoxy) is 1. The second-order valence-corrected chi connectivity index (χ2v) is 5.54. The summed E-state index contributed by atoms with van der Waals surface area (Å²) in [6.45, 7) is -1.39. The van der Waals surface area contributed by atoms with Gasteiger partial charge < -0.3 is 9.72 Å². The summed E-state index contributed by atoms with van der Waals surface area (Å²) in [5, 5.41) is 0. The third kappa shape index (κ3) is 4.14. The van der Waals surface area contributed by atoms with Crippen molar-refractivity contribution in [1.29, 1.82) is 0 Å². The monoisotopic (exact) mass is 380 g/mol. The summed E-state index contributed by atoms with van der Waals surface area (Å²) < 4.78 is 42.5. The molecule has 1 N–H and O–H groups in total. The van der Waals surface area contributed by atoms with Gasteiger partial charge in [0.25, 0.3) is 5.56 Å². The molecule has 0 bridgehead atoms. The van der Waals surface area contributed by atoms with E-state index in [0.29, 0.717) is 17.1 Å². The van der Waals surface area contributed by atoms with E-state index in [1.165, 1.54) is 47.4 Å². The second-order valence-electron chi connectivity index (χ2n) is 5.15. The van der Waals surface area contributed by atoms with Gasteiger partial charge in [-0.25, -0.2) is 9.97 Å². The second kappa shape index (κ2) is 7.08. The molecule has 0 unspecified atom stereocenters. The van der Waals surface area contributed by atoms with Crippen molar-refractivity contribution in [2.75, 3.05) is 6.61 Å². The van der Waals surface area contributed by atoms with Gasteiger partial charge in [-0.2, -0.15) is 13.2 Å². The first-order valence-electron chi connectivity index (χ1n) is 7.26. The van der Waals surface area contributed by atoms with Gasteiger partial charge in [0.2, 0.25) is 0 Å². The Bertz CT molecular complexity index is 983. The number of nitrogens with zero attached hydrogens (tertiary/aromatic N) is 3. The fourth-order valence-corrected chi connectivity index (χ4v) is 2.49. The first-order valence-corrected chi connectivity index (χ1v) is 7.67. The van der Waals surface area contributed by atoms with Crippen LogP contribution in [-0.4, -0.2) is 32.3 Å². The summed E-state index contributed by atoms with van der Waals surface area (Å²) in [7, 11) is 0. The van der Waals surface area contributed by atoms with E-state index < -0.39 is 18.3 Å². The average Bonchev–Trinajstić information content (AvgIpc) is 2.60. The molecular formula is C16H11F3N4O2S. The van der Waals surface area contributed by atoms with Crippen LogP contribution in [0.4, 0.5) is 13.2 Å². The minimum atomic E-state index is -4.42. The molecule has 0 atom stereocenters. The number of hydrogen-bond donors (Lipinski definition) is 1. The van der Waals surface area contributed by atoms with Crippen molar-refractivity contribution in [2.45, 2.75) is 6.18 Å². The molecule has 0 radical (unpaired) electrons. The van der Waals surface area contributed by atoms with Crippen LogP contribution in [0.5, 0.6) is 5.75 Å². The van der Waals surface area contributed by atoms with Crippen molar-refractivity contribution in [2.24, 2.45) is 0 Å². The fourth-order valence-electron chi connectivity index (χ4n) is 2.18. The lowest BCUT2D eigenvalue weighted by molar-refractivity contribution is -0.153. The maximum Gasteiger partial charge on any atom is 0.422 e. The summed E-state index contributed by atoms with van der Waals surface area (Å²) >= 11 is 5.23. The summed E-state index contributed by atoms with van der Waals surface area (Å²) in [6, 6.07) is 8.51. The largest absolute Gasteiger partial charge is 0.484 e. The smallest absolute Gasteiger partial charge is 0.422 e. The van der Waals surface area contributed by atoms with Crippen LogP contribution in [0.25, 0.3) is 17.1 Å². The van der Waals surface area contributed by atoms with Gasteiger partial charge in [-0.1, -0.05) is 0 Å². The summed E-state index contributed by atoms with van der Waals surface area (Å²) in [5.41, 5.74) is 0.922. The summed E-state index contributed by atoms with van der Waals surface area (Å²) in [4.78, 5) is 23.2. The van der Waals surface area contributed by atoms with Crippen LogP contribution in [0.1, 0.15) is 0 Å². The lowest BCUT2D eigenvalue weighted by Crippen LogP contribution is -2.20. The zero-order valence-electron chi connectivity index (χ0n) is 13.0. The van der Waals surface area contributed by atoms with E-state index in [-0.39, 0.29) is 10.5 Å². The minimum Gasteiger partial charge on any atom is -0.484 e. The van der Waals surface area contributed by atoms with Gasteiger partial charge in [-0.3, -0.25) is 9.36 Å². The molecule has 0 aliphatic rings. The molecule has 6 nitrogen and oxygen atoms in total. The molecule has 0 amide bonds. The Hall–Kier alpha value is -3.01. The van der Waals surface area contributed by atoms with Crippen LogP contribution in [-0.2, 0) is 0 Å². The van der Waals surface area contributed by atoms with E-state index in [0.717, 1.165) is 0 Å². The molecule has 1 aromatic carbocycles. The molecule has 0 aliphatic carbocycles. The van der Waals surface area contributed by atoms with Gasteiger partial charge >= 0.3 is 6.18 Å². The number of aromatic nitrogens is 4. The van der Waals surface area contributed by atoms with Gasteiger partial charge in [0.05, 0.1) is 17.1 Å². The molecule has 0 fully saturated rings. The fraction of sp³-hybridized carbons (Fsp3) is 0.125. The highest BCUT2D eigenvalue weighted by atomic mass is 32.1. The molecule has 0 saturated carbocycles. The van der Waals surface area contributed by atoms with E-state index >= 15 is 0 Å². The molecule has 26 heavy (non-hydrogen) atoms. The number of aromatic amines is 1. The van der Waals surface area contributed by atoms with Crippen LogP contribution < -0.4 is 10.3 Å².